The van der Waals surface area contributed by atoms with Crippen molar-refractivity contribution in [3.8, 4) is 5.75 Å². The molecule has 0 fully saturated rings. The largest absolute Gasteiger partial charge is 0.483 e. The summed E-state index contributed by atoms with van der Waals surface area (Å²) in [6.07, 6.45) is 8.02. The summed E-state index contributed by atoms with van der Waals surface area (Å²) in [7, 11) is 0. The van der Waals surface area contributed by atoms with E-state index in [1.54, 1.807) is 0 Å². The first kappa shape index (κ1) is 16.0. The van der Waals surface area contributed by atoms with Gasteiger partial charge in [0.05, 0.1) is 4.47 Å². The molecule has 1 aromatic rings. The summed E-state index contributed by atoms with van der Waals surface area (Å²) in [4.78, 5) is 11.7. The predicted molar refractivity (Wildman–Crippen MR) is 83.8 cm³/mol. The van der Waals surface area contributed by atoms with Crippen molar-refractivity contribution in [1.82, 2.24) is 5.32 Å². The summed E-state index contributed by atoms with van der Waals surface area (Å²) in [5.74, 6) is -0.0522. The van der Waals surface area contributed by atoms with E-state index in [1.165, 1.54) is 36.6 Å². The summed E-state index contributed by atoms with van der Waals surface area (Å²) in [5.41, 5.74) is 1.43. The van der Waals surface area contributed by atoms with Crippen LogP contribution >= 0.6 is 15.9 Å². The highest BCUT2D eigenvalue weighted by atomic mass is 79.9. The second kappa shape index (κ2) is 8.17. The molecule has 21 heavy (non-hydrogen) atoms. The minimum Gasteiger partial charge on any atom is -0.483 e. The second-order valence-electron chi connectivity index (χ2n) is 5.07. The molecule has 0 aromatic heterocycles. The Balaban J connectivity index is 1.68. The Labute approximate surface area is 132 Å². The predicted octanol–water partition coefficient (Wildman–Crippen LogP) is 3.97. The molecule has 114 valence electrons. The number of allylic oxidation sites excluding steroid dienone is 1. The van der Waals surface area contributed by atoms with Gasteiger partial charge in [0, 0.05) is 6.54 Å². The molecule has 1 aromatic carbocycles. The van der Waals surface area contributed by atoms with E-state index >= 15 is 0 Å². The first-order valence-corrected chi connectivity index (χ1v) is 7.97. The van der Waals surface area contributed by atoms with Crippen LogP contribution < -0.4 is 10.1 Å². The molecule has 1 aliphatic rings. The Kier molecular flexibility index (Phi) is 6.23. The molecule has 0 heterocycles. The van der Waals surface area contributed by atoms with Gasteiger partial charge in [-0.15, -0.1) is 0 Å². The van der Waals surface area contributed by atoms with Gasteiger partial charge in [0.15, 0.2) is 6.61 Å². The number of halogens is 2. The Hall–Kier alpha value is -1.36. The van der Waals surface area contributed by atoms with E-state index in [-0.39, 0.29) is 18.3 Å². The van der Waals surface area contributed by atoms with Crippen molar-refractivity contribution >= 4 is 21.8 Å². The van der Waals surface area contributed by atoms with Crippen LogP contribution in [-0.4, -0.2) is 19.1 Å². The number of benzene rings is 1. The molecule has 1 aliphatic carbocycles. The molecule has 0 atom stereocenters. The average Bonchev–Trinajstić information content (AvgIpc) is 2.47. The van der Waals surface area contributed by atoms with Crippen LogP contribution in [0.25, 0.3) is 0 Å². The minimum atomic E-state index is -0.348. The molecule has 2 rings (SSSR count). The van der Waals surface area contributed by atoms with Crippen molar-refractivity contribution < 1.29 is 13.9 Å². The maximum Gasteiger partial charge on any atom is 0.257 e. The van der Waals surface area contributed by atoms with Crippen LogP contribution in [-0.2, 0) is 4.79 Å². The van der Waals surface area contributed by atoms with Gasteiger partial charge in [-0.1, -0.05) is 11.6 Å². The van der Waals surface area contributed by atoms with Crippen LogP contribution in [0.5, 0.6) is 5.75 Å². The molecule has 3 nitrogen and oxygen atoms in total. The molecule has 1 N–H and O–H groups in total. The van der Waals surface area contributed by atoms with E-state index in [4.69, 9.17) is 4.74 Å². The van der Waals surface area contributed by atoms with E-state index in [9.17, 15) is 9.18 Å². The molecule has 1 amide bonds. The zero-order valence-electron chi connectivity index (χ0n) is 11.8. The third-order valence-corrected chi connectivity index (χ3v) is 4.03. The summed E-state index contributed by atoms with van der Waals surface area (Å²) in [6, 6.07) is 4.11. The van der Waals surface area contributed by atoms with Gasteiger partial charge in [-0.25, -0.2) is 4.39 Å². The fraction of sp³-hybridized carbons (Fsp3) is 0.438. The lowest BCUT2D eigenvalue weighted by atomic mass is 9.97. The van der Waals surface area contributed by atoms with Gasteiger partial charge in [-0.2, -0.15) is 0 Å². The van der Waals surface area contributed by atoms with Crippen molar-refractivity contribution in [2.24, 2.45) is 0 Å². The lowest BCUT2D eigenvalue weighted by Gasteiger charge is -2.13. The highest BCUT2D eigenvalue weighted by molar-refractivity contribution is 9.10. The molecule has 0 bridgehead atoms. The highest BCUT2D eigenvalue weighted by Gasteiger charge is 2.07. The summed E-state index contributed by atoms with van der Waals surface area (Å²) in [6.45, 7) is 0.571. The Morgan fingerprint density at radius 1 is 1.38 bits per heavy atom. The first-order valence-electron chi connectivity index (χ1n) is 7.17. The van der Waals surface area contributed by atoms with Crippen molar-refractivity contribution in [1.29, 1.82) is 0 Å². The number of carbonyl (C=O) groups excluding carboxylic acids is 1. The number of carbonyl (C=O) groups is 1. The van der Waals surface area contributed by atoms with Crippen molar-refractivity contribution in [2.75, 3.05) is 13.2 Å². The third-order valence-electron chi connectivity index (χ3n) is 3.41. The molecule has 5 heteroatoms. The second-order valence-corrected chi connectivity index (χ2v) is 5.93. The van der Waals surface area contributed by atoms with E-state index in [2.05, 4.69) is 27.3 Å². The van der Waals surface area contributed by atoms with Crippen LogP contribution in [0.15, 0.2) is 34.3 Å². The highest BCUT2D eigenvalue weighted by Crippen LogP contribution is 2.25. The summed E-state index contributed by atoms with van der Waals surface area (Å²) < 4.78 is 18.8. The SMILES string of the molecule is O=C(COc1ccc(F)cc1Br)NCCC1=CCCCC1. The third kappa shape index (κ3) is 5.50. The van der Waals surface area contributed by atoms with Crippen LogP contribution in [0.2, 0.25) is 0 Å². The fourth-order valence-corrected chi connectivity index (χ4v) is 2.75. The topological polar surface area (TPSA) is 38.3 Å². The average molecular weight is 356 g/mol. The van der Waals surface area contributed by atoms with Crippen LogP contribution in [0.3, 0.4) is 0 Å². The molecule has 0 radical (unpaired) electrons. The molecule has 0 saturated carbocycles. The minimum absolute atomic E-state index is 0.0662. The first-order chi connectivity index (χ1) is 10.1. The number of rotatable bonds is 6. The lowest BCUT2D eigenvalue weighted by molar-refractivity contribution is -0.123. The van der Waals surface area contributed by atoms with Gasteiger partial charge in [-0.05, 0) is 66.2 Å². The van der Waals surface area contributed by atoms with Gasteiger partial charge in [0.25, 0.3) is 5.91 Å². The Morgan fingerprint density at radius 3 is 2.95 bits per heavy atom. The van der Waals surface area contributed by atoms with Gasteiger partial charge < -0.3 is 10.1 Å². The zero-order chi connectivity index (χ0) is 15.1. The normalized spacial score (nSPS) is 14.5. The van der Waals surface area contributed by atoms with E-state index < -0.39 is 0 Å². The number of hydrogen-bond acceptors (Lipinski definition) is 2. The van der Waals surface area contributed by atoms with Crippen molar-refractivity contribution in [3.05, 3.63) is 40.1 Å². The molecule has 0 saturated heterocycles. The number of ether oxygens (including phenoxy) is 1. The van der Waals surface area contributed by atoms with E-state index in [0.717, 1.165) is 19.3 Å². The van der Waals surface area contributed by atoms with Crippen LogP contribution in [0.4, 0.5) is 4.39 Å². The molecular weight excluding hydrogens is 337 g/mol. The smallest absolute Gasteiger partial charge is 0.257 e. The standard InChI is InChI=1S/C16H19BrFNO2/c17-14-10-13(18)6-7-15(14)21-11-16(20)19-9-8-12-4-2-1-3-5-12/h4,6-7,10H,1-3,5,8-9,11H2,(H,19,20). The van der Waals surface area contributed by atoms with Crippen molar-refractivity contribution in [3.63, 3.8) is 0 Å². The maximum atomic E-state index is 12.9. The number of amides is 1. The van der Waals surface area contributed by atoms with Gasteiger partial charge in [0.2, 0.25) is 0 Å². The van der Waals surface area contributed by atoms with Gasteiger partial charge in [-0.3, -0.25) is 4.79 Å². The lowest BCUT2D eigenvalue weighted by Crippen LogP contribution is -2.30. The van der Waals surface area contributed by atoms with Gasteiger partial charge >= 0.3 is 0 Å². The van der Waals surface area contributed by atoms with E-state index in [1.807, 2.05) is 0 Å². The number of hydrogen-bond donors (Lipinski definition) is 1. The zero-order valence-corrected chi connectivity index (χ0v) is 13.4. The van der Waals surface area contributed by atoms with Gasteiger partial charge in [0.1, 0.15) is 11.6 Å². The molecule has 0 unspecified atom stereocenters. The summed E-state index contributed by atoms with van der Waals surface area (Å²) in [5, 5.41) is 2.84. The molecular formula is C16H19BrFNO2. The Bertz CT molecular complexity index is 531. The Morgan fingerprint density at radius 2 is 2.24 bits per heavy atom. The summed E-state index contributed by atoms with van der Waals surface area (Å²) >= 11 is 3.20. The molecule has 0 aliphatic heterocycles. The van der Waals surface area contributed by atoms with Crippen LogP contribution in [0.1, 0.15) is 32.1 Å². The monoisotopic (exact) mass is 355 g/mol. The quantitative estimate of drug-likeness (QED) is 0.784. The number of nitrogens with one attached hydrogen (secondary N) is 1. The fourth-order valence-electron chi connectivity index (χ4n) is 2.28. The maximum absolute atomic E-state index is 12.9. The van der Waals surface area contributed by atoms with Crippen LogP contribution in [0, 0.1) is 5.82 Å². The van der Waals surface area contributed by atoms with Crippen molar-refractivity contribution in [2.45, 2.75) is 32.1 Å². The molecule has 0 spiro atoms. The van der Waals surface area contributed by atoms with E-state index in [0.29, 0.717) is 16.8 Å².